The van der Waals surface area contributed by atoms with Crippen LogP contribution in [0.15, 0.2) is 24.3 Å². The molecule has 1 unspecified atom stereocenters. The number of nitrogens with one attached hydrogen (secondary N) is 1. The predicted molar refractivity (Wildman–Crippen MR) is 74.4 cm³/mol. The van der Waals surface area contributed by atoms with E-state index in [9.17, 15) is 0 Å². The average Bonchev–Trinajstić information content (AvgIpc) is 2.88. The van der Waals surface area contributed by atoms with E-state index in [0.717, 1.165) is 24.7 Å². The van der Waals surface area contributed by atoms with Crippen molar-refractivity contribution >= 4 is 0 Å². The van der Waals surface area contributed by atoms with E-state index >= 15 is 0 Å². The number of ether oxygens (including phenoxy) is 1. The van der Waals surface area contributed by atoms with Crippen LogP contribution >= 0.6 is 0 Å². The number of benzene rings is 1. The molecule has 3 N–H and O–H groups in total. The maximum absolute atomic E-state index is 5.78. The molecular weight excluding hydrogens is 224 g/mol. The lowest BCUT2D eigenvalue weighted by Crippen LogP contribution is -2.41. The van der Waals surface area contributed by atoms with Crippen molar-refractivity contribution in [3.8, 4) is 5.75 Å². The standard InChI is InChI=1S/C15H24N2O/c1-12-5-4-8-14(11-12)18-10-9-15(17-16)13-6-2-3-7-13/h4-5,8,11,13,15,17H,2-3,6-7,9-10,16H2,1H3. The third-order valence-electron chi connectivity index (χ3n) is 3.87. The summed E-state index contributed by atoms with van der Waals surface area (Å²) in [7, 11) is 0. The van der Waals surface area contributed by atoms with Gasteiger partial charge in [-0.3, -0.25) is 11.3 Å². The Labute approximate surface area is 110 Å². The number of hydrazine groups is 1. The monoisotopic (exact) mass is 248 g/mol. The lowest BCUT2D eigenvalue weighted by molar-refractivity contribution is 0.252. The van der Waals surface area contributed by atoms with Crippen molar-refractivity contribution in [3.05, 3.63) is 29.8 Å². The second-order valence-electron chi connectivity index (χ2n) is 5.27. The second-order valence-corrected chi connectivity index (χ2v) is 5.27. The molecular formula is C15H24N2O. The average molecular weight is 248 g/mol. The molecule has 0 aromatic heterocycles. The van der Waals surface area contributed by atoms with E-state index in [-0.39, 0.29) is 0 Å². The minimum atomic E-state index is 0.400. The zero-order valence-electron chi connectivity index (χ0n) is 11.2. The van der Waals surface area contributed by atoms with Crippen molar-refractivity contribution in [2.75, 3.05) is 6.61 Å². The van der Waals surface area contributed by atoms with E-state index in [1.54, 1.807) is 0 Å². The van der Waals surface area contributed by atoms with Crippen molar-refractivity contribution in [2.24, 2.45) is 11.8 Å². The molecule has 1 aliphatic carbocycles. The highest BCUT2D eigenvalue weighted by Gasteiger charge is 2.23. The summed E-state index contributed by atoms with van der Waals surface area (Å²) in [6.07, 6.45) is 6.29. The van der Waals surface area contributed by atoms with E-state index in [4.69, 9.17) is 10.6 Å². The van der Waals surface area contributed by atoms with Gasteiger partial charge >= 0.3 is 0 Å². The van der Waals surface area contributed by atoms with E-state index in [1.165, 1.54) is 31.2 Å². The molecule has 100 valence electrons. The van der Waals surface area contributed by atoms with Crippen molar-refractivity contribution < 1.29 is 4.74 Å². The molecule has 0 heterocycles. The fraction of sp³-hybridized carbons (Fsp3) is 0.600. The van der Waals surface area contributed by atoms with E-state index < -0.39 is 0 Å². The van der Waals surface area contributed by atoms with Crippen molar-refractivity contribution in [1.82, 2.24) is 5.43 Å². The van der Waals surface area contributed by atoms with Gasteiger partial charge < -0.3 is 4.74 Å². The number of hydrogen-bond donors (Lipinski definition) is 2. The van der Waals surface area contributed by atoms with Gasteiger partial charge in [-0.05, 0) is 49.8 Å². The molecule has 1 fully saturated rings. The van der Waals surface area contributed by atoms with E-state index in [0.29, 0.717) is 6.04 Å². The summed E-state index contributed by atoms with van der Waals surface area (Å²) in [6.45, 7) is 2.81. The zero-order chi connectivity index (χ0) is 12.8. The maximum atomic E-state index is 5.78. The summed E-state index contributed by atoms with van der Waals surface area (Å²) in [5.74, 6) is 7.34. The van der Waals surface area contributed by atoms with Crippen LogP contribution in [0.1, 0.15) is 37.7 Å². The summed E-state index contributed by atoms with van der Waals surface area (Å²) in [5.41, 5.74) is 4.19. The van der Waals surface area contributed by atoms with Gasteiger partial charge in [-0.2, -0.15) is 0 Å². The fourth-order valence-corrected chi connectivity index (χ4v) is 2.82. The van der Waals surface area contributed by atoms with Gasteiger partial charge in [-0.1, -0.05) is 25.0 Å². The van der Waals surface area contributed by atoms with Gasteiger partial charge in [-0.15, -0.1) is 0 Å². The SMILES string of the molecule is Cc1cccc(OCCC(NN)C2CCCC2)c1. The Morgan fingerprint density at radius 1 is 1.39 bits per heavy atom. The molecule has 0 amide bonds. The maximum Gasteiger partial charge on any atom is 0.119 e. The molecule has 1 atom stereocenters. The molecule has 2 rings (SSSR count). The Bertz CT molecular complexity index is 361. The summed E-state index contributed by atoms with van der Waals surface area (Å²) in [6, 6.07) is 8.58. The molecule has 0 bridgehead atoms. The van der Waals surface area contributed by atoms with Crippen molar-refractivity contribution in [3.63, 3.8) is 0 Å². The van der Waals surface area contributed by atoms with Gasteiger partial charge in [0.25, 0.3) is 0 Å². The molecule has 1 saturated carbocycles. The second kappa shape index (κ2) is 6.76. The lowest BCUT2D eigenvalue weighted by atomic mass is 9.96. The van der Waals surface area contributed by atoms with Crippen molar-refractivity contribution in [2.45, 2.75) is 45.1 Å². The summed E-state index contributed by atoms with van der Waals surface area (Å²) >= 11 is 0. The molecule has 0 spiro atoms. The first-order valence-electron chi connectivity index (χ1n) is 6.95. The number of nitrogens with two attached hydrogens (primary N) is 1. The normalized spacial score (nSPS) is 17.9. The van der Waals surface area contributed by atoms with Gasteiger partial charge in [0.05, 0.1) is 6.61 Å². The minimum Gasteiger partial charge on any atom is -0.494 e. The lowest BCUT2D eigenvalue weighted by Gasteiger charge is -2.22. The molecule has 1 aliphatic rings. The molecule has 3 heteroatoms. The molecule has 0 aliphatic heterocycles. The fourth-order valence-electron chi connectivity index (χ4n) is 2.82. The topological polar surface area (TPSA) is 47.3 Å². The van der Waals surface area contributed by atoms with Gasteiger partial charge in [0, 0.05) is 6.04 Å². The highest BCUT2D eigenvalue weighted by Crippen LogP contribution is 2.28. The van der Waals surface area contributed by atoms with Gasteiger partial charge in [0.2, 0.25) is 0 Å². The molecule has 0 saturated heterocycles. The largest absolute Gasteiger partial charge is 0.494 e. The number of hydrogen-bond acceptors (Lipinski definition) is 3. The van der Waals surface area contributed by atoms with Crippen LogP contribution in [0.2, 0.25) is 0 Å². The number of rotatable bonds is 6. The summed E-state index contributed by atoms with van der Waals surface area (Å²) < 4.78 is 5.78. The minimum absolute atomic E-state index is 0.400. The Kier molecular flexibility index (Phi) is 5.02. The molecule has 3 nitrogen and oxygen atoms in total. The van der Waals surface area contributed by atoms with Crippen LogP contribution < -0.4 is 16.0 Å². The number of aryl methyl sites for hydroxylation is 1. The zero-order valence-corrected chi connectivity index (χ0v) is 11.2. The highest BCUT2D eigenvalue weighted by molar-refractivity contribution is 5.27. The first kappa shape index (κ1) is 13.4. The van der Waals surface area contributed by atoms with Crippen LogP contribution in [0.4, 0.5) is 0 Å². The highest BCUT2D eigenvalue weighted by atomic mass is 16.5. The van der Waals surface area contributed by atoms with E-state index in [1.807, 2.05) is 12.1 Å². The van der Waals surface area contributed by atoms with Crippen molar-refractivity contribution in [1.29, 1.82) is 0 Å². The Morgan fingerprint density at radius 2 is 2.17 bits per heavy atom. The van der Waals surface area contributed by atoms with Gasteiger partial charge in [0.1, 0.15) is 5.75 Å². The van der Waals surface area contributed by atoms with Crippen LogP contribution in [0.25, 0.3) is 0 Å². The first-order valence-corrected chi connectivity index (χ1v) is 6.95. The van der Waals surface area contributed by atoms with Gasteiger partial charge in [-0.25, -0.2) is 0 Å². The third kappa shape index (κ3) is 3.72. The molecule has 1 aromatic rings. The molecule has 1 aromatic carbocycles. The van der Waals surface area contributed by atoms with Crippen LogP contribution in [0.3, 0.4) is 0 Å². The van der Waals surface area contributed by atoms with Crippen LogP contribution in [0.5, 0.6) is 5.75 Å². The smallest absolute Gasteiger partial charge is 0.119 e. The molecule has 18 heavy (non-hydrogen) atoms. The summed E-state index contributed by atoms with van der Waals surface area (Å²) in [5, 5.41) is 0. The van der Waals surface area contributed by atoms with Gasteiger partial charge in [0.15, 0.2) is 0 Å². The van der Waals surface area contributed by atoms with Crippen LogP contribution in [-0.4, -0.2) is 12.6 Å². The Morgan fingerprint density at radius 3 is 2.83 bits per heavy atom. The quantitative estimate of drug-likeness (QED) is 0.601. The van der Waals surface area contributed by atoms with E-state index in [2.05, 4.69) is 24.5 Å². The van der Waals surface area contributed by atoms with Crippen LogP contribution in [-0.2, 0) is 0 Å². The predicted octanol–water partition coefficient (Wildman–Crippen LogP) is 2.79. The third-order valence-corrected chi connectivity index (χ3v) is 3.87. The summed E-state index contributed by atoms with van der Waals surface area (Å²) in [4.78, 5) is 0. The van der Waals surface area contributed by atoms with Crippen LogP contribution in [0, 0.1) is 12.8 Å². The Balaban J connectivity index is 1.76. The molecule has 0 radical (unpaired) electrons. The first-order chi connectivity index (χ1) is 8.79. The Hall–Kier alpha value is -1.06.